The number of esters is 3. The smallest absolute Gasteiger partial charge is 0.345 e. The summed E-state index contributed by atoms with van der Waals surface area (Å²) >= 11 is 0. The van der Waals surface area contributed by atoms with E-state index in [-0.39, 0.29) is 22.4 Å². The van der Waals surface area contributed by atoms with Crippen molar-refractivity contribution >= 4 is 23.6 Å². The van der Waals surface area contributed by atoms with E-state index in [2.05, 4.69) is 9.47 Å². The zero-order valence-corrected chi connectivity index (χ0v) is 14.0. The van der Waals surface area contributed by atoms with Crippen LogP contribution in [0.2, 0.25) is 0 Å². The van der Waals surface area contributed by atoms with Crippen molar-refractivity contribution in [3.05, 3.63) is 58.7 Å². The van der Waals surface area contributed by atoms with E-state index in [1.807, 2.05) is 0 Å². The van der Waals surface area contributed by atoms with Gasteiger partial charge in [0.1, 0.15) is 5.75 Å². The van der Waals surface area contributed by atoms with Gasteiger partial charge in [0, 0.05) is 0 Å². The highest BCUT2D eigenvalue weighted by molar-refractivity contribution is 6.11. The van der Waals surface area contributed by atoms with Gasteiger partial charge >= 0.3 is 17.9 Å². The van der Waals surface area contributed by atoms with Gasteiger partial charge in [-0.3, -0.25) is 0 Å². The molecule has 0 aliphatic rings. The third-order valence-corrected chi connectivity index (χ3v) is 3.52. The average molecular weight is 343 g/mol. The molecule has 0 saturated heterocycles. The number of para-hydroxylation sites is 1. The van der Waals surface area contributed by atoms with Crippen LogP contribution in [0.15, 0.2) is 36.4 Å². The second kappa shape index (κ2) is 7.48. The minimum atomic E-state index is -0.855. The van der Waals surface area contributed by atoms with Crippen molar-refractivity contribution < 1.29 is 28.6 Å². The van der Waals surface area contributed by atoms with Crippen LogP contribution in [0.25, 0.3) is 0 Å². The van der Waals surface area contributed by atoms with Crippen LogP contribution in [0.4, 0.5) is 5.69 Å². The Morgan fingerprint density at radius 3 is 2.04 bits per heavy atom. The summed E-state index contributed by atoms with van der Waals surface area (Å²) in [5, 5.41) is 0. The SMILES string of the molecule is COC(=O)c1cc(C)c(C(=O)Oc2ccccc2)c(N)c1C(=O)OC. The number of nitrogen functional groups attached to an aromatic ring is 1. The van der Waals surface area contributed by atoms with Gasteiger partial charge in [0.05, 0.1) is 36.6 Å². The molecule has 2 aromatic rings. The van der Waals surface area contributed by atoms with Crippen LogP contribution < -0.4 is 10.5 Å². The van der Waals surface area contributed by atoms with Crippen LogP contribution in [0.3, 0.4) is 0 Å². The number of nitrogens with two attached hydrogens (primary N) is 1. The Morgan fingerprint density at radius 2 is 1.48 bits per heavy atom. The highest BCUT2D eigenvalue weighted by atomic mass is 16.5. The van der Waals surface area contributed by atoms with Gasteiger partial charge in [-0.1, -0.05) is 18.2 Å². The normalized spacial score (nSPS) is 10.0. The number of ether oxygens (including phenoxy) is 3. The van der Waals surface area contributed by atoms with Crippen molar-refractivity contribution in [3.8, 4) is 5.75 Å². The first-order valence-corrected chi connectivity index (χ1v) is 7.27. The average Bonchev–Trinajstić information content (AvgIpc) is 2.60. The summed E-state index contributed by atoms with van der Waals surface area (Å²) in [4.78, 5) is 36.5. The molecule has 2 rings (SSSR count). The minimum absolute atomic E-state index is 0.0168. The summed E-state index contributed by atoms with van der Waals surface area (Å²) in [6.45, 7) is 1.57. The molecule has 0 unspecified atom stereocenters. The molecule has 0 fully saturated rings. The van der Waals surface area contributed by atoms with Crippen LogP contribution in [0.1, 0.15) is 36.6 Å². The van der Waals surface area contributed by atoms with Gasteiger partial charge in [-0.05, 0) is 30.7 Å². The van der Waals surface area contributed by atoms with Gasteiger partial charge in [-0.2, -0.15) is 0 Å². The zero-order chi connectivity index (χ0) is 18.6. The quantitative estimate of drug-likeness (QED) is 0.516. The molecule has 0 radical (unpaired) electrons. The fourth-order valence-electron chi connectivity index (χ4n) is 2.35. The molecule has 0 heterocycles. The van der Waals surface area contributed by atoms with E-state index < -0.39 is 17.9 Å². The lowest BCUT2D eigenvalue weighted by Crippen LogP contribution is -2.20. The van der Waals surface area contributed by atoms with Crippen LogP contribution in [-0.2, 0) is 9.47 Å². The van der Waals surface area contributed by atoms with Gasteiger partial charge in [-0.15, -0.1) is 0 Å². The van der Waals surface area contributed by atoms with E-state index >= 15 is 0 Å². The standard InChI is InChI=1S/C18H17NO6/c1-10-9-12(16(20)23-2)14(17(21)24-3)15(19)13(10)18(22)25-11-7-5-4-6-8-11/h4-9H,19H2,1-3H3. The van der Waals surface area contributed by atoms with E-state index in [9.17, 15) is 14.4 Å². The Labute approximate surface area is 144 Å². The number of benzene rings is 2. The van der Waals surface area contributed by atoms with E-state index in [0.29, 0.717) is 11.3 Å². The Bertz CT molecular complexity index is 829. The second-order valence-electron chi connectivity index (χ2n) is 5.09. The summed E-state index contributed by atoms with van der Waals surface area (Å²) in [5.41, 5.74) is 5.83. The van der Waals surface area contributed by atoms with Crippen LogP contribution in [0, 0.1) is 6.92 Å². The fourth-order valence-corrected chi connectivity index (χ4v) is 2.35. The highest BCUT2D eigenvalue weighted by Gasteiger charge is 2.28. The first-order valence-electron chi connectivity index (χ1n) is 7.27. The topological polar surface area (TPSA) is 105 Å². The first kappa shape index (κ1) is 18.0. The summed E-state index contributed by atoms with van der Waals surface area (Å²) in [6, 6.07) is 9.74. The van der Waals surface area contributed by atoms with Crippen molar-refractivity contribution in [2.45, 2.75) is 6.92 Å². The number of carbonyl (C=O) groups excluding carboxylic acids is 3. The van der Waals surface area contributed by atoms with Crippen molar-refractivity contribution in [3.63, 3.8) is 0 Å². The number of rotatable bonds is 4. The predicted octanol–water partition coefficient (Wildman–Crippen LogP) is 2.37. The van der Waals surface area contributed by atoms with Gasteiger partial charge < -0.3 is 19.9 Å². The Balaban J connectivity index is 2.57. The molecule has 2 N–H and O–H groups in total. The molecule has 2 aromatic carbocycles. The van der Waals surface area contributed by atoms with Gasteiger partial charge in [-0.25, -0.2) is 14.4 Å². The largest absolute Gasteiger partial charge is 0.465 e. The van der Waals surface area contributed by atoms with Crippen LogP contribution >= 0.6 is 0 Å². The molecule has 0 aromatic heterocycles. The van der Waals surface area contributed by atoms with E-state index in [1.54, 1.807) is 37.3 Å². The lowest BCUT2D eigenvalue weighted by molar-refractivity contribution is 0.0555. The third kappa shape index (κ3) is 3.60. The van der Waals surface area contributed by atoms with Crippen molar-refractivity contribution in [1.82, 2.24) is 0 Å². The number of hydrogen-bond acceptors (Lipinski definition) is 7. The monoisotopic (exact) mass is 343 g/mol. The Hall–Kier alpha value is -3.35. The van der Waals surface area contributed by atoms with E-state index in [1.165, 1.54) is 13.2 Å². The van der Waals surface area contributed by atoms with Gasteiger partial charge in [0.2, 0.25) is 0 Å². The molecule has 7 heteroatoms. The second-order valence-corrected chi connectivity index (χ2v) is 5.09. The first-order chi connectivity index (χ1) is 11.9. The summed E-state index contributed by atoms with van der Waals surface area (Å²) < 4.78 is 14.6. The number of methoxy groups -OCH3 is 2. The molecule has 25 heavy (non-hydrogen) atoms. The molecular formula is C18H17NO6. The zero-order valence-electron chi connectivity index (χ0n) is 14.0. The van der Waals surface area contributed by atoms with E-state index in [0.717, 1.165) is 7.11 Å². The van der Waals surface area contributed by atoms with Crippen LogP contribution in [-0.4, -0.2) is 32.1 Å². The fraction of sp³-hybridized carbons (Fsp3) is 0.167. The Kier molecular flexibility index (Phi) is 5.38. The van der Waals surface area contributed by atoms with Crippen molar-refractivity contribution in [2.75, 3.05) is 20.0 Å². The molecule has 0 atom stereocenters. The summed E-state index contributed by atoms with van der Waals surface area (Å²) in [7, 11) is 2.32. The minimum Gasteiger partial charge on any atom is -0.465 e. The number of anilines is 1. The summed E-state index contributed by atoms with van der Waals surface area (Å²) in [6.07, 6.45) is 0. The van der Waals surface area contributed by atoms with Crippen LogP contribution in [0.5, 0.6) is 5.75 Å². The van der Waals surface area contributed by atoms with Crippen molar-refractivity contribution in [2.24, 2.45) is 0 Å². The molecule has 130 valence electrons. The lowest BCUT2D eigenvalue weighted by Gasteiger charge is -2.15. The molecule has 0 bridgehead atoms. The molecule has 7 nitrogen and oxygen atoms in total. The molecule has 0 spiro atoms. The molecule has 0 saturated carbocycles. The maximum Gasteiger partial charge on any atom is 0.345 e. The molecule has 0 aliphatic carbocycles. The maximum absolute atomic E-state index is 12.5. The number of hydrogen-bond donors (Lipinski definition) is 1. The molecule has 0 amide bonds. The lowest BCUT2D eigenvalue weighted by atomic mass is 9.96. The maximum atomic E-state index is 12.5. The number of aryl methyl sites for hydroxylation is 1. The van der Waals surface area contributed by atoms with Gasteiger partial charge in [0.15, 0.2) is 0 Å². The van der Waals surface area contributed by atoms with Crippen molar-refractivity contribution in [1.29, 1.82) is 0 Å². The highest BCUT2D eigenvalue weighted by Crippen LogP contribution is 2.28. The third-order valence-electron chi connectivity index (χ3n) is 3.52. The van der Waals surface area contributed by atoms with E-state index in [4.69, 9.17) is 10.5 Å². The summed E-state index contributed by atoms with van der Waals surface area (Å²) in [5.74, 6) is -2.05. The molecule has 0 aliphatic heterocycles. The van der Waals surface area contributed by atoms with Gasteiger partial charge in [0.25, 0.3) is 0 Å². The Morgan fingerprint density at radius 1 is 0.880 bits per heavy atom. The molecular weight excluding hydrogens is 326 g/mol. The predicted molar refractivity (Wildman–Crippen MR) is 89.7 cm³/mol. The number of carbonyl (C=O) groups is 3.